The zero-order valence-corrected chi connectivity index (χ0v) is 16.4. The quantitative estimate of drug-likeness (QED) is 0.514. The average molecular weight is 439 g/mol. The molecule has 30 heavy (non-hydrogen) atoms. The van der Waals surface area contributed by atoms with Gasteiger partial charge < -0.3 is 14.8 Å². The van der Waals surface area contributed by atoms with Gasteiger partial charge in [-0.3, -0.25) is 14.9 Å². The van der Waals surface area contributed by atoms with Crippen molar-refractivity contribution in [1.82, 2.24) is 4.31 Å². The summed E-state index contributed by atoms with van der Waals surface area (Å²) in [7, 11) is -3.65. The van der Waals surface area contributed by atoms with Crippen molar-refractivity contribution in [1.29, 1.82) is 0 Å². The molecule has 3 rings (SSSR count). The first-order valence-electron chi connectivity index (χ1n) is 8.82. The number of morpholine rings is 1. The van der Waals surface area contributed by atoms with E-state index in [1.807, 2.05) is 0 Å². The Bertz CT molecular complexity index is 1040. The van der Waals surface area contributed by atoms with Gasteiger partial charge in [-0.25, -0.2) is 12.8 Å². The number of nitro groups is 1. The van der Waals surface area contributed by atoms with Crippen molar-refractivity contribution in [3.05, 3.63) is 58.4 Å². The van der Waals surface area contributed by atoms with Crippen molar-refractivity contribution >= 4 is 27.3 Å². The zero-order valence-electron chi connectivity index (χ0n) is 15.6. The maximum atomic E-state index is 13.3. The van der Waals surface area contributed by atoms with E-state index in [1.165, 1.54) is 28.6 Å². The lowest BCUT2D eigenvalue weighted by Crippen LogP contribution is -2.40. The highest BCUT2D eigenvalue weighted by atomic mass is 32.2. The second-order valence-corrected chi connectivity index (χ2v) is 8.18. The summed E-state index contributed by atoms with van der Waals surface area (Å²) < 4.78 is 50.0. The van der Waals surface area contributed by atoms with Crippen LogP contribution in [0.4, 0.5) is 15.8 Å². The number of carbonyl (C=O) groups is 1. The number of ether oxygens (including phenoxy) is 2. The summed E-state index contributed by atoms with van der Waals surface area (Å²) >= 11 is 0. The highest BCUT2D eigenvalue weighted by molar-refractivity contribution is 7.89. The van der Waals surface area contributed by atoms with Crippen molar-refractivity contribution in [3.8, 4) is 5.75 Å². The largest absolute Gasteiger partial charge is 0.477 e. The molecule has 0 radical (unpaired) electrons. The number of hydrogen-bond acceptors (Lipinski definition) is 7. The van der Waals surface area contributed by atoms with Crippen molar-refractivity contribution in [2.75, 3.05) is 38.2 Å². The molecule has 10 nitrogen and oxygen atoms in total. The number of anilines is 1. The van der Waals surface area contributed by atoms with E-state index in [2.05, 4.69) is 5.32 Å². The molecule has 0 saturated carbocycles. The molecule has 1 N–H and O–H groups in total. The van der Waals surface area contributed by atoms with Crippen LogP contribution in [0, 0.1) is 15.9 Å². The van der Waals surface area contributed by atoms with Gasteiger partial charge in [0, 0.05) is 30.9 Å². The van der Waals surface area contributed by atoms with Gasteiger partial charge >= 0.3 is 5.69 Å². The molecular formula is C18H18FN3O7S. The van der Waals surface area contributed by atoms with Crippen LogP contribution in [0.15, 0.2) is 47.4 Å². The fraction of sp³-hybridized carbons (Fsp3) is 0.278. The molecule has 0 atom stereocenters. The molecule has 160 valence electrons. The van der Waals surface area contributed by atoms with Gasteiger partial charge in [0.15, 0.2) is 6.61 Å². The lowest BCUT2D eigenvalue weighted by Gasteiger charge is -2.26. The zero-order chi connectivity index (χ0) is 21.7. The highest BCUT2D eigenvalue weighted by Gasteiger charge is 2.26. The number of benzene rings is 2. The number of nitrogens with zero attached hydrogens (tertiary/aromatic N) is 2. The third-order valence-corrected chi connectivity index (χ3v) is 6.14. The highest BCUT2D eigenvalue weighted by Crippen LogP contribution is 2.27. The van der Waals surface area contributed by atoms with Gasteiger partial charge in [0.1, 0.15) is 5.82 Å². The molecule has 1 fully saturated rings. The summed E-state index contributed by atoms with van der Waals surface area (Å²) in [6, 6.07) is 8.22. The number of carbonyl (C=O) groups excluding carboxylic acids is 1. The Balaban J connectivity index is 1.61. The molecule has 1 saturated heterocycles. The Morgan fingerprint density at radius 1 is 1.20 bits per heavy atom. The maximum absolute atomic E-state index is 13.3. The minimum atomic E-state index is -3.65. The maximum Gasteiger partial charge on any atom is 0.311 e. The van der Waals surface area contributed by atoms with E-state index in [0.717, 1.165) is 18.2 Å². The van der Waals surface area contributed by atoms with Crippen LogP contribution >= 0.6 is 0 Å². The number of halogens is 1. The molecular weight excluding hydrogens is 421 g/mol. The smallest absolute Gasteiger partial charge is 0.311 e. The third kappa shape index (κ3) is 5.09. The minimum absolute atomic E-state index is 0.0778. The predicted molar refractivity (Wildman–Crippen MR) is 103 cm³/mol. The summed E-state index contributed by atoms with van der Waals surface area (Å²) in [5, 5.41) is 13.4. The van der Waals surface area contributed by atoms with Crippen LogP contribution in [-0.4, -0.2) is 56.5 Å². The van der Waals surface area contributed by atoms with Crippen LogP contribution in [0.5, 0.6) is 5.75 Å². The van der Waals surface area contributed by atoms with E-state index in [0.29, 0.717) is 18.9 Å². The van der Waals surface area contributed by atoms with Gasteiger partial charge in [-0.2, -0.15) is 4.31 Å². The third-order valence-electron chi connectivity index (χ3n) is 4.22. The number of nitro benzene ring substituents is 1. The van der Waals surface area contributed by atoms with Gasteiger partial charge in [0.2, 0.25) is 15.8 Å². The normalized spacial score (nSPS) is 14.8. The van der Waals surface area contributed by atoms with E-state index in [1.54, 1.807) is 0 Å². The van der Waals surface area contributed by atoms with Crippen LogP contribution in [0.1, 0.15) is 0 Å². The van der Waals surface area contributed by atoms with Crippen LogP contribution in [0.2, 0.25) is 0 Å². The van der Waals surface area contributed by atoms with Gasteiger partial charge in [-0.1, -0.05) is 0 Å². The second kappa shape index (κ2) is 9.15. The number of hydrogen-bond donors (Lipinski definition) is 1. The van der Waals surface area contributed by atoms with Crippen LogP contribution in [-0.2, 0) is 19.6 Å². The summed E-state index contributed by atoms with van der Waals surface area (Å²) in [4.78, 5) is 22.3. The molecule has 2 aromatic carbocycles. The Hall–Kier alpha value is -3.09. The Kier molecular flexibility index (Phi) is 6.59. The fourth-order valence-corrected chi connectivity index (χ4v) is 4.15. The van der Waals surface area contributed by atoms with Crippen molar-refractivity contribution in [2.24, 2.45) is 0 Å². The number of sulfonamides is 1. The Labute approximate surface area is 171 Å². The van der Waals surface area contributed by atoms with Crippen LogP contribution in [0.25, 0.3) is 0 Å². The first-order valence-corrected chi connectivity index (χ1v) is 10.3. The van der Waals surface area contributed by atoms with E-state index in [-0.39, 0.29) is 23.7 Å². The summed E-state index contributed by atoms with van der Waals surface area (Å²) in [5.41, 5.74) is -0.167. The summed E-state index contributed by atoms with van der Waals surface area (Å²) in [6.45, 7) is 0.598. The fourth-order valence-electron chi connectivity index (χ4n) is 2.74. The van der Waals surface area contributed by atoms with Crippen molar-refractivity contribution < 1.29 is 32.0 Å². The summed E-state index contributed by atoms with van der Waals surface area (Å²) in [6.07, 6.45) is 0. The minimum Gasteiger partial charge on any atom is -0.477 e. The molecule has 0 aromatic heterocycles. The molecule has 12 heteroatoms. The molecule has 0 unspecified atom stereocenters. The molecule has 2 aromatic rings. The van der Waals surface area contributed by atoms with Gasteiger partial charge in [-0.15, -0.1) is 0 Å². The molecule has 1 amide bonds. The number of rotatable bonds is 7. The van der Waals surface area contributed by atoms with E-state index >= 15 is 0 Å². The van der Waals surface area contributed by atoms with Gasteiger partial charge in [0.25, 0.3) is 5.91 Å². The van der Waals surface area contributed by atoms with Crippen molar-refractivity contribution in [2.45, 2.75) is 4.90 Å². The molecule has 1 aliphatic heterocycles. The molecule has 0 bridgehead atoms. The lowest BCUT2D eigenvalue weighted by atomic mass is 10.3. The number of nitrogens with one attached hydrogen (secondary N) is 1. The molecule has 1 heterocycles. The predicted octanol–water partition coefficient (Wildman–Crippen LogP) is 1.77. The topological polar surface area (TPSA) is 128 Å². The van der Waals surface area contributed by atoms with Crippen LogP contribution in [0.3, 0.4) is 0 Å². The molecule has 0 aliphatic carbocycles. The molecule has 0 spiro atoms. The van der Waals surface area contributed by atoms with Gasteiger partial charge in [0.05, 0.1) is 23.0 Å². The standard InChI is InChI=1S/C18H18FN3O7S/c19-13-1-6-16(22(24)25)17(11-13)29-12-18(23)20-14-2-4-15(5-3-14)30(26,27)21-7-9-28-10-8-21/h1-6,11H,7-10,12H2,(H,20,23). The van der Waals surface area contributed by atoms with Crippen LogP contribution < -0.4 is 10.1 Å². The van der Waals surface area contributed by atoms with Crippen molar-refractivity contribution in [3.63, 3.8) is 0 Å². The van der Waals surface area contributed by atoms with E-state index in [9.17, 15) is 27.7 Å². The van der Waals surface area contributed by atoms with E-state index < -0.39 is 39.0 Å². The summed E-state index contributed by atoms with van der Waals surface area (Å²) in [5.74, 6) is -1.77. The first kappa shape index (κ1) is 21.6. The number of amides is 1. The first-order chi connectivity index (χ1) is 14.3. The second-order valence-electron chi connectivity index (χ2n) is 6.25. The molecule has 1 aliphatic rings. The Morgan fingerprint density at radius 3 is 2.50 bits per heavy atom. The lowest BCUT2D eigenvalue weighted by molar-refractivity contribution is -0.385. The Morgan fingerprint density at radius 2 is 1.87 bits per heavy atom. The average Bonchev–Trinajstić information content (AvgIpc) is 2.73. The monoisotopic (exact) mass is 439 g/mol. The SMILES string of the molecule is O=C(COc1cc(F)ccc1[N+](=O)[O-])Nc1ccc(S(=O)(=O)N2CCOCC2)cc1. The van der Waals surface area contributed by atoms with Gasteiger partial charge in [-0.05, 0) is 30.3 Å². The van der Waals surface area contributed by atoms with E-state index in [4.69, 9.17) is 9.47 Å².